The van der Waals surface area contributed by atoms with Crippen molar-refractivity contribution in [2.75, 3.05) is 6.61 Å². The molecule has 0 saturated heterocycles. The smallest absolute Gasteiger partial charge is 0.417 e. The van der Waals surface area contributed by atoms with Gasteiger partial charge in [-0.3, -0.25) is 0 Å². The summed E-state index contributed by atoms with van der Waals surface area (Å²) in [5, 5.41) is 4.04. The van der Waals surface area contributed by atoms with E-state index in [0.717, 1.165) is 6.07 Å². The van der Waals surface area contributed by atoms with Gasteiger partial charge in [0.2, 0.25) is 0 Å². The third-order valence-electron chi connectivity index (χ3n) is 3.48. The molecule has 0 amide bonds. The maximum Gasteiger partial charge on any atom is 0.417 e. The standard InChI is InChI=1S/C17H12F3NO3/c1-2-23-16(22)15-12-8-7-10(9-14(12)24-21-15)11-5-3-4-6-13(11)17(18,19)20/h3-9H,2H2,1H3. The van der Waals surface area contributed by atoms with Crippen LogP contribution in [0.4, 0.5) is 13.2 Å². The summed E-state index contributed by atoms with van der Waals surface area (Å²) in [6, 6.07) is 9.68. The maximum atomic E-state index is 13.1. The van der Waals surface area contributed by atoms with Gasteiger partial charge in [-0.05, 0) is 36.2 Å². The van der Waals surface area contributed by atoms with Crippen LogP contribution in [0.15, 0.2) is 47.0 Å². The Balaban J connectivity index is 2.09. The molecule has 24 heavy (non-hydrogen) atoms. The minimum atomic E-state index is -4.47. The molecule has 0 N–H and O–H groups in total. The van der Waals surface area contributed by atoms with E-state index in [1.54, 1.807) is 6.92 Å². The number of aromatic nitrogens is 1. The maximum absolute atomic E-state index is 13.1. The van der Waals surface area contributed by atoms with Crippen molar-refractivity contribution in [3.8, 4) is 11.1 Å². The Labute approximate surface area is 134 Å². The molecule has 0 atom stereocenters. The number of ether oxygens (including phenoxy) is 1. The van der Waals surface area contributed by atoms with Crippen LogP contribution in [0, 0.1) is 0 Å². The Morgan fingerprint density at radius 3 is 2.67 bits per heavy atom. The Kier molecular flexibility index (Phi) is 4.01. The average molecular weight is 335 g/mol. The molecular formula is C17H12F3NO3. The highest BCUT2D eigenvalue weighted by Crippen LogP contribution is 2.37. The monoisotopic (exact) mass is 335 g/mol. The second kappa shape index (κ2) is 5.99. The molecule has 2 aromatic carbocycles. The molecule has 0 bridgehead atoms. The minimum absolute atomic E-state index is 0.00232. The predicted molar refractivity (Wildman–Crippen MR) is 80.4 cm³/mol. The lowest BCUT2D eigenvalue weighted by molar-refractivity contribution is -0.137. The van der Waals surface area contributed by atoms with Gasteiger partial charge in [-0.25, -0.2) is 4.79 Å². The zero-order valence-electron chi connectivity index (χ0n) is 12.6. The summed E-state index contributed by atoms with van der Waals surface area (Å²) in [4.78, 5) is 11.8. The summed E-state index contributed by atoms with van der Waals surface area (Å²) in [5.74, 6) is -0.639. The van der Waals surface area contributed by atoms with Gasteiger partial charge < -0.3 is 9.26 Å². The van der Waals surface area contributed by atoms with Gasteiger partial charge in [0.1, 0.15) is 0 Å². The molecule has 124 valence electrons. The lowest BCUT2D eigenvalue weighted by Gasteiger charge is -2.12. The van der Waals surface area contributed by atoms with Crippen LogP contribution in [-0.2, 0) is 10.9 Å². The van der Waals surface area contributed by atoms with E-state index in [0.29, 0.717) is 10.9 Å². The topological polar surface area (TPSA) is 52.3 Å². The molecule has 3 aromatic rings. The Morgan fingerprint density at radius 2 is 1.96 bits per heavy atom. The largest absolute Gasteiger partial charge is 0.461 e. The number of alkyl halides is 3. The molecular weight excluding hydrogens is 323 g/mol. The van der Waals surface area contributed by atoms with Crippen LogP contribution in [0.25, 0.3) is 22.1 Å². The summed E-state index contributed by atoms with van der Waals surface area (Å²) < 4.78 is 49.4. The SMILES string of the molecule is CCOC(=O)c1noc2cc(-c3ccccc3C(F)(F)F)ccc12. The first-order valence-electron chi connectivity index (χ1n) is 7.15. The van der Waals surface area contributed by atoms with E-state index in [1.165, 1.54) is 36.4 Å². The van der Waals surface area contributed by atoms with Crippen LogP contribution >= 0.6 is 0 Å². The number of halogens is 3. The number of fused-ring (bicyclic) bond motifs is 1. The van der Waals surface area contributed by atoms with Gasteiger partial charge >= 0.3 is 12.1 Å². The number of hydrogen-bond donors (Lipinski definition) is 0. The highest BCUT2D eigenvalue weighted by molar-refractivity contribution is 6.02. The number of benzene rings is 2. The Morgan fingerprint density at radius 1 is 1.21 bits per heavy atom. The van der Waals surface area contributed by atoms with E-state index in [9.17, 15) is 18.0 Å². The molecule has 0 saturated carbocycles. The predicted octanol–water partition coefficient (Wildman–Crippen LogP) is 4.69. The number of esters is 1. The van der Waals surface area contributed by atoms with Gasteiger partial charge in [-0.15, -0.1) is 0 Å². The van der Waals surface area contributed by atoms with Crippen molar-refractivity contribution in [2.45, 2.75) is 13.1 Å². The normalized spacial score (nSPS) is 11.7. The Hall–Kier alpha value is -2.83. The van der Waals surface area contributed by atoms with Crippen LogP contribution in [0.5, 0.6) is 0 Å². The molecule has 0 aliphatic rings. The van der Waals surface area contributed by atoms with Gasteiger partial charge in [-0.2, -0.15) is 13.2 Å². The van der Waals surface area contributed by atoms with Crippen molar-refractivity contribution in [3.05, 3.63) is 53.7 Å². The Bertz CT molecular complexity index is 899. The van der Waals surface area contributed by atoms with Gasteiger partial charge in [-0.1, -0.05) is 29.4 Å². The molecule has 0 spiro atoms. The van der Waals surface area contributed by atoms with E-state index in [-0.39, 0.29) is 23.4 Å². The first-order chi connectivity index (χ1) is 11.4. The quantitative estimate of drug-likeness (QED) is 0.652. The van der Waals surface area contributed by atoms with E-state index >= 15 is 0 Å². The molecule has 1 heterocycles. The highest BCUT2D eigenvalue weighted by Gasteiger charge is 2.33. The first kappa shape index (κ1) is 16.0. The van der Waals surface area contributed by atoms with Crippen LogP contribution in [0.3, 0.4) is 0 Å². The van der Waals surface area contributed by atoms with Crippen LogP contribution in [0.1, 0.15) is 23.0 Å². The summed E-state index contributed by atoms with van der Waals surface area (Å²) in [6.07, 6.45) is -4.47. The van der Waals surface area contributed by atoms with Crippen LogP contribution in [0.2, 0.25) is 0 Å². The van der Waals surface area contributed by atoms with Crippen LogP contribution in [-0.4, -0.2) is 17.7 Å². The lowest BCUT2D eigenvalue weighted by Crippen LogP contribution is -2.06. The number of hydrogen-bond acceptors (Lipinski definition) is 4. The molecule has 0 unspecified atom stereocenters. The number of nitrogens with zero attached hydrogens (tertiary/aromatic N) is 1. The average Bonchev–Trinajstić information content (AvgIpc) is 2.97. The lowest BCUT2D eigenvalue weighted by atomic mass is 9.98. The zero-order chi connectivity index (χ0) is 17.3. The zero-order valence-corrected chi connectivity index (χ0v) is 12.6. The fourth-order valence-corrected chi connectivity index (χ4v) is 2.43. The second-order valence-electron chi connectivity index (χ2n) is 5.01. The summed E-state index contributed by atoms with van der Waals surface area (Å²) in [5.41, 5.74) is -0.174. The van der Waals surface area contributed by atoms with Gasteiger partial charge in [0, 0.05) is 0 Å². The summed E-state index contributed by atoms with van der Waals surface area (Å²) in [7, 11) is 0. The summed E-state index contributed by atoms with van der Waals surface area (Å²) in [6.45, 7) is 1.84. The molecule has 7 heteroatoms. The van der Waals surface area contributed by atoms with Crippen molar-refractivity contribution < 1.29 is 27.2 Å². The minimum Gasteiger partial charge on any atom is -0.461 e. The van der Waals surface area contributed by atoms with Crippen molar-refractivity contribution in [1.29, 1.82) is 0 Å². The first-order valence-corrected chi connectivity index (χ1v) is 7.15. The van der Waals surface area contributed by atoms with Crippen LogP contribution < -0.4 is 0 Å². The van der Waals surface area contributed by atoms with Crippen molar-refractivity contribution in [1.82, 2.24) is 5.16 Å². The van der Waals surface area contributed by atoms with Gasteiger partial charge in [0.25, 0.3) is 0 Å². The van der Waals surface area contributed by atoms with Gasteiger partial charge in [0.15, 0.2) is 11.3 Å². The molecule has 0 aliphatic carbocycles. The van der Waals surface area contributed by atoms with Crippen molar-refractivity contribution >= 4 is 16.9 Å². The molecule has 4 nitrogen and oxygen atoms in total. The van der Waals surface area contributed by atoms with E-state index in [2.05, 4.69) is 5.16 Å². The summed E-state index contributed by atoms with van der Waals surface area (Å²) >= 11 is 0. The molecule has 0 fully saturated rings. The number of carbonyl (C=O) groups excluding carboxylic acids is 1. The van der Waals surface area contributed by atoms with Gasteiger partial charge in [0.05, 0.1) is 17.6 Å². The molecule has 3 rings (SSSR count). The fourth-order valence-electron chi connectivity index (χ4n) is 2.43. The second-order valence-corrected chi connectivity index (χ2v) is 5.01. The van der Waals surface area contributed by atoms with E-state index < -0.39 is 17.7 Å². The third kappa shape index (κ3) is 2.84. The van der Waals surface area contributed by atoms with E-state index in [1.807, 2.05) is 0 Å². The van der Waals surface area contributed by atoms with Crippen molar-refractivity contribution in [2.24, 2.45) is 0 Å². The molecule has 0 aliphatic heterocycles. The van der Waals surface area contributed by atoms with Crippen molar-refractivity contribution in [3.63, 3.8) is 0 Å². The highest BCUT2D eigenvalue weighted by atomic mass is 19.4. The third-order valence-corrected chi connectivity index (χ3v) is 3.48. The fraction of sp³-hybridized carbons (Fsp3) is 0.176. The number of carbonyl (C=O) groups is 1. The van der Waals surface area contributed by atoms with E-state index in [4.69, 9.17) is 9.26 Å². The number of rotatable bonds is 3. The molecule has 0 radical (unpaired) electrons. The molecule has 1 aromatic heterocycles.